The minimum absolute atomic E-state index is 0.420. The maximum Gasteiger partial charge on any atom is 0.307 e. The molecule has 0 N–H and O–H groups in total. The topological polar surface area (TPSA) is 17.1 Å². The van der Waals surface area contributed by atoms with E-state index in [4.69, 9.17) is 0 Å². The summed E-state index contributed by atoms with van der Waals surface area (Å²) in [4.78, 5) is 11.1. The largest absolute Gasteiger partial charge is 0.307 e. The van der Waals surface area contributed by atoms with Crippen LogP contribution >= 0.6 is 0 Å². The minimum Gasteiger partial charge on any atom is -0.261 e. The summed E-state index contributed by atoms with van der Waals surface area (Å²) in [5.74, 6) is 1.81. The number of hydrogen-bond acceptors (Lipinski definition) is 1. The molecule has 0 aromatic heterocycles. The summed E-state index contributed by atoms with van der Waals surface area (Å²) in [6.07, 6.45) is 6.41. The lowest BCUT2D eigenvalue weighted by Crippen LogP contribution is -2.33. The Kier molecular flexibility index (Phi) is 1.43. The van der Waals surface area contributed by atoms with Gasteiger partial charge in [-0.1, -0.05) is 6.42 Å². The van der Waals surface area contributed by atoms with E-state index in [1.54, 1.807) is 0 Å². The van der Waals surface area contributed by atoms with Gasteiger partial charge in [-0.25, -0.2) is 0 Å². The van der Waals surface area contributed by atoms with Crippen molar-refractivity contribution in [1.82, 2.24) is 0 Å². The van der Waals surface area contributed by atoms with Crippen LogP contribution in [-0.4, -0.2) is 6.04 Å². The lowest BCUT2D eigenvalue weighted by molar-refractivity contribution is -0.142. The predicted molar refractivity (Wildman–Crippen MR) is 46.7 cm³/mol. The average molecular weight is 182 g/mol. The van der Waals surface area contributed by atoms with Gasteiger partial charge in [0.25, 0.3) is 0 Å². The zero-order valence-corrected chi connectivity index (χ0v) is 7.76. The first-order valence-electron chi connectivity index (χ1n) is 5.44. The molecule has 0 radical (unpaired) electrons. The third-order valence-electron chi connectivity index (χ3n) is 4.86. The summed E-state index contributed by atoms with van der Waals surface area (Å²) >= 11 is 0. The van der Waals surface area contributed by atoms with E-state index in [1.165, 1.54) is 12.8 Å². The van der Waals surface area contributed by atoms with E-state index < -0.39 is 11.5 Å². The molecule has 13 heavy (non-hydrogen) atoms. The van der Waals surface area contributed by atoms with Crippen molar-refractivity contribution in [3.8, 4) is 0 Å². The third kappa shape index (κ3) is 0.798. The fraction of sp³-hybridized carbons (Fsp3) is 0.909. The Morgan fingerprint density at radius 2 is 2.15 bits per heavy atom. The molecule has 0 aromatic carbocycles. The molecule has 2 bridgehead atoms. The Morgan fingerprint density at radius 3 is 2.92 bits per heavy atom. The molecule has 0 spiro atoms. The molecule has 0 aromatic rings. The monoisotopic (exact) mass is 182 g/mol. The standard InChI is InChI=1S/C11H15FO/c12-10(13)11-5-4-7(6-11)8-2-1-3-9(8)11/h7-9H,1-6H2. The summed E-state index contributed by atoms with van der Waals surface area (Å²) in [6.45, 7) is 0. The highest BCUT2D eigenvalue weighted by atomic mass is 19.1. The number of rotatable bonds is 1. The van der Waals surface area contributed by atoms with Gasteiger partial charge >= 0.3 is 6.04 Å². The van der Waals surface area contributed by atoms with Gasteiger partial charge in [0.2, 0.25) is 0 Å². The van der Waals surface area contributed by atoms with Crippen molar-refractivity contribution in [3.05, 3.63) is 0 Å². The lowest BCUT2D eigenvalue weighted by atomic mass is 9.72. The Morgan fingerprint density at radius 1 is 1.31 bits per heavy atom. The summed E-state index contributed by atoms with van der Waals surface area (Å²) in [5, 5.41) is 0. The van der Waals surface area contributed by atoms with Crippen LogP contribution in [0.15, 0.2) is 0 Å². The van der Waals surface area contributed by atoms with E-state index in [0.29, 0.717) is 17.8 Å². The molecule has 0 aliphatic heterocycles. The van der Waals surface area contributed by atoms with E-state index >= 15 is 0 Å². The SMILES string of the molecule is O=C(F)C12CCC(C1)C1CCCC12. The van der Waals surface area contributed by atoms with E-state index in [1.807, 2.05) is 0 Å². The Balaban J connectivity index is 2.00. The molecule has 4 atom stereocenters. The van der Waals surface area contributed by atoms with Gasteiger partial charge in [-0.3, -0.25) is 4.79 Å². The fourth-order valence-electron chi connectivity index (χ4n) is 4.38. The van der Waals surface area contributed by atoms with Crippen LogP contribution in [0, 0.1) is 23.2 Å². The predicted octanol–water partition coefficient (Wildman–Crippen LogP) is 2.70. The second-order valence-electron chi connectivity index (χ2n) is 5.13. The highest BCUT2D eigenvalue weighted by molar-refractivity contribution is 5.77. The van der Waals surface area contributed by atoms with Crippen LogP contribution < -0.4 is 0 Å². The van der Waals surface area contributed by atoms with Gasteiger partial charge in [0, 0.05) is 0 Å². The second kappa shape index (κ2) is 2.34. The first-order chi connectivity index (χ1) is 6.24. The average Bonchev–Trinajstić information content (AvgIpc) is 2.76. The maximum atomic E-state index is 13.1. The molecule has 0 saturated heterocycles. The van der Waals surface area contributed by atoms with Crippen molar-refractivity contribution in [2.24, 2.45) is 23.2 Å². The van der Waals surface area contributed by atoms with Crippen LogP contribution in [0.2, 0.25) is 0 Å². The van der Waals surface area contributed by atoms with Gasteiger partial charge in [-0.2, -0.15) is 4.39 Å². The number of halogens is 1. The molecule has 0 heterocycles. The molecule has 3 fully saturated rings. The fourth-order valence-corrected chi connectivity index (χ4v) is 4.38. The highest BCUT2D eigenvalue weighted by Gasteiger charge is 2.62. The lowest BCUT2D eigenvalue weighted by Gasteiger charge is -2.31. The van der Waals surface area contributed by atoms with Crippen molar-refractivity contribution in [3.63, 3.8) is 0 Å². The number of carbonyl (C=O) groups excluding carboxylic acids is 1. The van der Waals surface area contributed by atoms with Gasteiger partial charge < -0.3 is 0 Å². The first-order valence-corrected chi connectivity index (χ1v) is 5.44. The molecule has 3 aliphatic rings. The van der Waals surface area contributed by atoms with E-state index in [0.717, 1.165) is 25.7 Å². The van der Waals surface area contributed by atoms with Gasteiger partial charge in [0.1, 0.15) is 0 Å². The molecular formula is C11H15FO. The van der Waals surface area contributed by atoms with Gasteiger partial charge in [-0.05, 0) is 49.9 Å². The molecule has 4 unspecified atom stereocenters. The van der Waals surface area contributed by atoms with E-state index in [2.05, 4.69) is 0 Å². The van der Waals surface area contributed by atoms with Crippen LogP contribution in [0.1, 0.15) is 38.5 Å². The quantitative estimate of drug-likeness (QED) is 0.570. The van der Waals surface area contributed by atoms with Crippen LogP contribution in [0.25, 0.3) is 0 Å². The summed E-state index contributed by atoms with van der Waals surface area (Å²) < 4.78 is 13.1. The van der Waals surface area contributed by atoms with E-state index in [9.17, 15) is 9.18 Å². The van der Waals surface area contributed by atoms with Gasteiger partial charge in [0.15, 0.2) is 0 Å². The molecule has 2 heteroatoms. The van der Waals surface area contributed by atoms with E-state index in [-0.39, 0.29) is 0 Å². The minimum atomic E-state index is -0.996. The molecule has 3 rings (SSSR count). The molecule has 72 valence electrons. The molecule has 1 nitrogen and oxygen atoms in total. The summed E-state index contributed by atoms with van der Waals surface area (Å²) in [5.41, 5.74) is -0.494. The molecule has 3 aliphatic carbocycles. The number of hydrogen-bond donors (Lipinski definition) is 0. The summed E-state index contributed by atoms with van der Waals surface area (Å²) in [6, 6.07) is -0.996. The van der Waals surface area contributed by atoms with Crippen molar-refractivity contribution in [2.45, 2.75) is 38.5 Å². The number of fused-ring (bicyclic) bond motifs is 5. The van der Waals surface area contributed by atoms with Gasteiger partial charge in [0.05, 0.1) is 5.41 Å². The second-order valence-corrected chi connectivity index (χ2v) is 5.13. The maximum absolute atomic E-state index is 13.1. The first kappa shape index (κ1) is 7.95. The zero-order chi connectivity index (χ0) is 9.05. The zero-order valence-electron chi connectivity index (χ0n) is 7.76. The molecule has 0 amide bonds. The molecular weight excluding hydrogens is 167 g/mol. The third-order valence-corrected chi connectivity index (χ3v) is 4.86. The normalized spacial score (nSPS) is 52.5. The Labute approximate surface area is 77.7 Å². The number of carbonyl (C=O) groups is 1. The van der Waals surface area contributed by atoms with Crippen LogP contribution in [-0.2, 0) is 4.79 Å². The summed E-state index contributed by atoms with van der Waals surface area (Å²) in [7, 11) is 0. The smallest absolute Gasteiger partial charge is 0.261 e. The highest BCUT2D eigenvalue weighted by Crippen LogP contribution is 2.66. The van der Waals surface area contributed by atoms with Crippen molar-refractivity contribution in [2.75, 3.05) is 0 Å². The van der Waals surface area contributed by atoms with Crippen molar-refractivity contribution >= 4 is 6.04 Å². The van der Waals surface area contributed by atoms with Crippen LogP contribution in [0.5, 0.6) is 0 Å². The van der Waals surface area contributed by atoms with Crippen LogP contribution in [0.4, 0.5) is 4.39 Å². The van der Waals surface area contributed by atoms with Crippen molar-refractivity contribution in [1.29, 1.82) is 0 Å². The molecule has 3 saturated carbocycles. The van der Waals surface area contributed by atoms with Gasteiger partial charge in [-0.15, -0.1) is 0 Å². The van der Waals surface area contributed by atoms with Crippen molar-refractivity contribution < 1.29 is 9.18 Å². The Bertz CT molecular complexity index is 263. The van der Waals surface area contributed by atoms with Crippen LogP contribution in [0.3, 0.4) is 0 Å². The Hall–Kier alpha value is -0.400.